The zero-order chi connectivity index (χ0) is 13.7. The zero-order valence-electron chi connectivity index (χ0n) is 10.4. The number of rotatable bonds is 4. The van der Waals surface area contributed by atoms with Gasteiger partial charge in [-0.1, -0.05) is 22.9 Å². The molecule has 19 heavy (non-hydrogen) atoms. The van der Waals surface area contributed by atoms with Crippen LogP contribution < -0.4 is 10.6 Å². The van der Waals surface area contributed by atoms with Crippen molar-refractivity contribution >= 4 is 39.2 Å². The van der Waals surface area contributed by atoms with Crippen molar-refractivity contribution in [1.29, 1.82) is 0 Å². The predicted molar refractivity (Wildman–Crippen MR) is 78.4 cm³/mol. The number of hydrogen-bond donors (Lipinski definition) is 2. The molecule has 0 spiro atoms. The zero-order valence-corrected chi connectivity index (χ0v) is 11.9. The molecule has 1 aromatic heterocycles. The van der Waals surface area contributed by atoms with Gasteiger partial charge in [-0.3, -0.25) is 4.79 Å². The first-order valence-electron chi connectivity index (χ1n) is 5.83. The molecule has 1 aromatic carbocycles. The van der Waals surface area contributed by atoms with Crippen molar-refractivity contribution in [1.82, 2.24) is 10.2 Å². The standard InChI is InChI=1S/C13H13BrN4O/c1-2-13(19)16-12-8-7-11(17-18-12)15-10-5-3-9(14)4-6-10/h3-8H,2H2,1H3,(H,15,17)(H,16,18,19). The Kier molecular flexibility index (Phi) is 4.46. The maximum absolute atomic E-state index is 11.2. The molecule has 0 saturated carbocycles. The minimum absolute atomic E-state index is 0.0806. The number of halogens is 1. The highest BCUT2D eigenvalue weighted by molar-refractivity contribution is 9.10. The van der Waals surface area contributed by atoms with Crippen molar-refractivity contribution in [2.45, 2.75) is 13.3 Å². The maximum atomic E-state index is 11.2. The van der Waals surface area contributed by atoms with Gasteiger partial charge in [-0.2, -0.15) is 0 Å². The van der Waals surface area contributed by atoms with Gasteiger partial charge in [0.25, 0.3) is 0 Å². The van der Waals surface area contributed by atoms with E-state index >= 15 is 0 Å². The number of carbonyl (C=O) groups excluding carboxylic acids is 1. The Balaban J connectivity index is 2.02. The average molecular weight is 321 g/mol. The molecule has 0 fully saturated rings. The fourth-order valence-corrected chi connectivity index (χ4v) is 1.64. The largest absolute Gasteiger partial charge is 0.339 e. The Bertz CT molecular complexity index is 554. The normalized spacial score (nSPS) is 10.0. The molecule has 0 atom stereocenters. The lowest BCUT2D eigenvalue weighted by Crippen LogP contribution is -2.11. The molecule has 1 amide bonds. The third-order valence-electron chi connectivity index (χ3n) is 2.37. The number of amides is 1. The molecule has 5 nitrogen and oxygen atoms in total. The van der Waals surface area contributed by atoms with Crippen LogP contribution in [0.3, 0.4) is 0 Å². The highest BCUT2D eigenvalue weighted by Gasteiger charge is 2.01. The van der Waals surface area contributed by atoms with Gasteiger partial charge in [0.2, 0.25) is 5.91 Å². The molecular weight excluding hydrogens is 308 g/mol. The molecule has 2 N–H and O–H groups in total. The summed E-state index contributed by atoms with van der Waals surface area (Å²) in [6.07, 6.45) is 0.417. The van der Waals surface area contributed by atoms with Crippen LogP contribution in [-0.2, 0) is 4.79 Å². The van der Waals surface area contributed by atoms with Crippen molar-refractivity contribution in [2.24, 2.45) is 0 Å². The summed E-state index contributed by atoms with van der Waals surface area (Å²) in [7, 11) is 0. The number of anilines is 3. The summed E-state index contributed by atoms with van der Waals surface area (Å²) in [6, 6.07) is 11.2. The quantitative estimate of drug-likeness (QED) is 0.906. The van der Waals surface area contributed by atoms with Gasteiger partial charge in [-0.15, -0.1) is 10.2 Å². The van der Waals surface area contributed by atoms with Crippen molar-refractivity contribution in [2.75, 3.05) is 10.6 Å². The maximum Gasteiger partial charge on any atom is 0.225 e. The second-order valence-electron chi connectivity index (χ2n) is 3.84. The first kappa shape index (κ1) is 13.5. The number of benzene rings is 1. The first-order valence-corrected chi connectivity index (χ1v) is 6.63. The van der Waals surface area contributed by atoms with Crippen molar-refractivity contribution < 1.29 is 4.79 Å². The van der Waals surface area contributed by atoms with Crippen LogP contribution in [0.15, 0.2) is 40.9 Å². The van der Waals surface area contributed by atoms with E-state index in [0.717, 1.165) is 10.2 Å². The van der Waals surface area contributed by atoms with Gasteiger partial charge in [0, 0.05) is 16.6 Å². The van der Waals surface area contributed by atoms with Crippen LogP contribution in [0.25, 0.3) is 0 Å². The Hall–Kier alpha value is -1.95. The summed E-state index contributed by atoms with van der Waals surface area (Å²) in [5.74, 6) is 0.993. The fourth-order valence-electron chi connectivity index (χ4n) is 1.38. The number of hydrogen-bond acceptors (Lipinski definition) is 4. The van der Waals surface area contributed by atoms with Crippen LogP contribution in [-0.4, -0.2) is 16.1 Å². The van der Waals surface area contributed by atoms with E-state index in [4.69, 9.17) is 0 Å². The fraction of sp³-hybridized carbons (Fsp3) is 0.154. The van der Waals surface area contributed by atoms with Gasteiger partial charge < -0.3 is 10.6 Å². The monoisotopic (exact) mass is 320 g/mol. The van der Waals surface area contributed by atoms with E-state index < -0.39 is 0 Å². The molecule has 2 rings (SSSR count). The first-order chi connectivity index (χ1) is 9.17. The van der Waals surface area contributed by atoms with Gasteiger partial charge in [-0.25, -0.2) is 0 Å². The molecule has 0 bridgehead atoms. The van der Waals surface area contributed by atoms with E-state index in [2.05, 4.69) is 36.8 Å². The van der Waals surface area contributed by atoms with Gasteiger partial charge in [0.1, 0.15) is 0 Å². The van der Waals surface area contributed by atoms with E-state index in [0.29, 0.717) is 18.1 Å². The van der Waals surface area contributed by atoms with E-state index in [9.17, 15) is 4.79 Å². The second kappa shape index (κ2) is 6.29. The third kappa shape index (κ3) is 4.03. The molecule has 0 saturated heterocycles. The minimum atomic E-state index is -0.0806. The van der Waals surface area contributed by atoms with Crippen LogP contribution in [0.2, 0.25) is 0 Å². The molecule has 0 unspecified atom stereocenters. The van der Waals surface area contributed by atoms with E-state index in [-0.39, 0.29) is 5.91 Å². The molecule has 0 aliphatic heterocycles. The Morgan fingerprint density at radius 1 is 1.11 bits per heavy atom. The summed E-state index contributed by atoms with van der Waals surface area (Å²) >= 11 is 3.37. The molecule has 98 valence electrons. The molecule has 2 aromatic rings. The van der Waals surface area contributed by atoms with Crippen LogP contribution in [0.1, 0.15) is 13.3 Å². The summed E-state index contributed by atoms with van der Waals surface area (Å²) in [5, 5.41) is 13.7. The highest BCUT2D eigenvalue weighted by atomic mass is 79.9. The van der Waals surface area contributed by atoms with E-state index in [1.165, 1.54) is 0 Å². The van der Waals surface area contributed by atoms with Crippen LogP contribution in [0, 0.1) is 0 Å². The summed E-state index contributed by atoms with van der Waals surface area (Å²) < 4.78 is 1.02. The topological polar surface area (TPSA) is 66.9 Å². The molecule has 0 radical (unpaired) electrons. The van der Waals surface area contributed by atoms with Crippen LogP contribution in [0.4, 0.5) is 17.3 Å². The lowest BCUT2D eigenvalue weighted by Gasteiger charge is -2.06. The molecule has 6 heteroatoms. The Morgan fingerprint density at radius 2 is 1.74 bits per heavy atom. The lowest BCUT2D eigenvalue weighted by atomic mass is 10.3. The van der Waals surface area contributed by atoms with Gasteiger partial charge >= 0.3 is 0 Å². The molecule has 0 aliphatic rings. The summed E-state index contributed by atoms with van der Waals surface area (Å²) in [6.45, 7) is 1.78. The minimum Gasteiger partial charge on any atom is -0.339 e. The highest BCUT2D eigenvalue weighted by Crippen LogP contribution is 2.18. The number of nitrogens with zero attached hydrogens (tertiary/aromatic N) is 2. The molecule has 1 heterocycles. The second-order valence-corrected chi connectivity index (χ2v) is 4.75. The Labute approximate surface area is 119 Å². The lowest BCUT2D eigenvalue weighted by molar-refractivity contribution is -0.115. The van der Waals surface area contributed by atoms with Crippen molar-refractivity contribution in [3.05, 3.63) is 40.9 Å². The van der Waals surface area contributed by atoms with Crippen LogP contribution in [0.5, 0.6) is 0 Å². The Morgan fingerprint density at radius 3 is 2.32 bits per heavy atom. The molecular formula is C13H13BrN4O. The van der Waals surface area contributed by atoms with Crippen molar-refractivity contribution in [3.63, 3.8) is 0 Å². The van der Waals surface area contributed by atoms with Gasteiger partial charge in [0.05, 0.1) is 0 Å². The summed E-state index contributed by atoms with van der Waals surface area (Å²) in [5.41, 5.74) is 0.919. The average Bonchev–Trinajstić information content (AvgIpc) is 2.43. The number of carbonyl (C=O) groups is 1. The number of aromatic nitrogens is 2. The number of nitrogens with one attached hydrogen (secondary N) is 2. The van der Waals surface area contributed by atoms with Crippen molar-refractivity contribution in [3.8, 4) is 0 Å². The van der Waals surface area contributed by atoms with Gasteiger partial charge in [-0.05, 0) is 36.4 Å². The molecule has 0 aliphatic carbocycles. The van der Waals surface area contributed by atoms with Gasteiger partial charge in [0.15, 0.2) is 11.6 Å². The van der Waals surface area contributed by atoms with E-state index in [1.807, 2.05) is 24.3 Å². The smallest absolute Gasteiger partial charge is 0.225 e. The van der Waals surface area contributed by atoms with Crippen LogP contribution >= 0.6 is 15.9 Å². The SMILES string of the molecule is CCC(=O)Nc1ccc(Nc2ccc(Br)cc2)nn1. The third-order valence-corrected chi connectivity index (χ3v) is 2.90. The summed E-state index contributed by atoms with van der Waals surface area (Å²) in [4.78, 5) is 11.2. The predicted octanol–water partition coefficient (Wildman–Crippen LogP) is 3.33. The van der Waals surface area contributed by atoms with E-state index in [1.54, 1.807) is 19.1 Å².